The standard InChI is InChI=1S/C22H42O9Si2.C20H40O8Si3/c1-7-21(25)29-17-19(23)15-27-11-9-13-32(3,4)31-33(5,6)14-10-12-28-16-20(24)18-30-22(26)8-2;1-9-23-19(21)25-15-11-13-17-29(3,4)27-31(7,8)28-30(5,6)18-14-12-16-26-20(22)24-10-2/h7-8,19-20,23-24H,1-2,9-18H2,3-6H3;9-10H,1-2,11-18H2,3-8H3. The normalized spacial score (nSPS) is 12.9. The van der Waals surface area contributed by atoms with E-state index < -0.39 is 78.3 Å². The Morgan fingerprint density at radius 2 is 0.781 bits per heavy atom. The first kappa shape index (κ1) is 63.3. The molecule has 2 atom stereocenters. The SMILES string of the molecule is C=CC(=O)OCC(O)COCCC[Si](C)(C)O[Si](C)(C)CCCOCC(O)COC(=O)C=C.C=COC(=O)OCCCC[Si](C)(C)O[Si](C)(C)O[Si](C)(C)CCCCOC(=O)OC=C. The minimum atomic E-state index is -2.28. The van der Waals surface area contributed by atoms with Crippen molar-refractivity contribution >= 4 is 66.1 Å². The molecule has 0 aromatic carbocycles. The molecule has 0 aliphatic carbocycles. The molecule has 0 fully saturated rings. The zero-order valence-corrected chi connectivity index (χ0v) is 45.5. The van der Waals surface area contributed by atoms with E-state index in [0.29, 0.717) is 26.4 Å². The summed E-state index contributed by atoms with van der Waals surface area (Å²) >= 11 is 0. The number of rotatable bonds is 36. The van der Waals surface area contributed by atoms with Gasteiger partial charge in [0.1, 0.15) is 25.4 Å². The van der Waals surface area contributed by atoms with Crippen LogP contribution in [-0.2, 0) is 59.8 Å². The van der Waals surface area contributed by atoms with E-state index in [2.05, 4.69) is 101 Å². The van der Waals surface area contributed by atoms with Crippen LogP contribution in [-0.4, -0.2) is 141 Å². The lowest BCUT2D eigenvalue weighted by Crippen LogP contribution is -2.52. The minimum absolute atomic E-state index is 0.110. The van der Waals surface area contributed by atoms with E-state index in [4.69, 9.17) is 40.8 Å². The molecule has 0 aromatic rings. The summed E-state index contributed by atoms with van der Waals surface area (Å²) in [5.41, 5.74) is 0. The van der Waals surface area contributed by atoms with E-state index in [1.807, 2.05) is 0 Å². The van der Waals surface area contributed by atoms with Crippen LogP contribution in [0.4, 0.5) is 9.59 Å². The van der Waals surface area contributed by atoms with Gasteiger partial charge in [0.15, 0.2) is 33.3 Å². The van der Waals surface area contributed by atoms with E-state index in [1.165, 1.54) is 0 Å². The van der Waals surface area contributed by atoms with Crippen molar-refractivity contribution in [2.45, 2.75) is 140 Å². The van der Waals surface area contributed by atoms with Crippen LogP contribution in [0.2, 0.25) is 89.6 Å². The van der Waals surface area contributed by atoms with Crippen molar-refractivity contribution in [2.75, 3.05) is 52.9 Å². The van der Waals surface area contributed by atoms with Crippen molar-refractivity contribution < 1.29 is 79.6 Å². The molecule has 0 bridgehead atoms. The Kier molecular flexibility index (Phi) is 34.2. The van der Waals surface area contributed by atoms with Gasteiger partial charge in [0, 0.05) is 25.4 Å². The molecule has 0 spiro atoms. The average Bonchev–Trinajstić information content (AvgIpc) is 3.17. The number of carbonyl (C=O) groups is 4. The quantitative estimate of drug-likeness (QED) is 0.0150. The van der Waals surface area contributed by atoms with Crippen molar-refractivity contribution in [3.05, 3.63) is 51.0 Å². The van der Waals surface area contributed by atoms with E-state index in [9.17, 15) is 29.4 Å². The van der Waals surface area contributed by atoms with Crippen LogP contribution in [0.1, 0.15) is 38.5 Å². The van der Waals surface area contributed by atoms with Gasteiger partial charge in [0.25, 0.3) is 0 Å². The number of esters is 2. The summed E-state index contributed by atoms with van der Waals surface area (Å²) in [6, 6.07) is 3.81. The first-order chi connectivity index (χ1) is 29.7. The Morgan fingerprint density at radius 3 is 1.11 bits per heavy atom. The third kappa shape index (κ3) is 39.6. The molecule has 372 valence electrons. The number of aliphatic hydroxyl groups is 2. The molecule has 0 aliphatic rings. The lowest BCUT2D eigenvalue weighted by atomic mass is 10.4. The van der Waals surface area contributed by atoms with Crippen LogP contribution in [0.3, 0.4) is 0 Å². The molecule has 2 N–H and O–H groups in total. The maximum atomic E-state index is 11.1. The lowest BCUT2D eigenvalue weighted by Gasteiger charge is -2.38. The van der Waals surface area contributed by atoms with E-state index >= 15 is 0 Å². The van der Waals surface area contributed by atoms with Gasteiger partial charge in [0.05, 0.1) is 39.0 Å². The first-order valence-corrected chi connectivity index (χ1v) is 37.1. The largest absolute Gasteiger partial charge is 0.513 e. The Labute approximate surface area is 388 Å². The molecule has 0 radical (unpaired) electrons. The van der Waals surface area contributed by atoms with Gasteiger partial charge < -0.3 is 60.5 Å². The number of ether oxygens (including phenoxy) is 8. The van der Waals surface area contributed by atoms with Crippen LogP contribution < -0.4 is 0 Å². The molecule has 0 saturated carbocycles. The van der Waals surface area contributed by atoms with E-state index in [1.54, 1.807) is 0 Å². The van der Waals surface area contributed by atoms with E-state index in [0.717, 1.165) is 87.4 Å². The molecule has 0 aliphatic heterocycles. The second-order valence-corrected chi connectivity index (χ2v) is 39.1. The van der Waals surface area contributed by atoms with Crippen molar-refractivity contribution in [3.63, 3.8) is 0 Å². The summed E-state index contributed by atoms with van der Waals surface area (Å²) in [6.07, 6.45) is 6.08. The highest BCUT2D eigenvalue weighted by atomic mass is 28.5. The van der Waals surface area contributed by atoms with Gasteiger partial charge in [-0.25, -0.2) is 19.2 Å². The smallest absolute Gasteiger partial charge is 0.460 e. The predicted octanol–water partition coefficient (Wildman–Crippen LogP) is 8.69. The number of unbranched alkanes of at least 4 members (excludes halogenated alkanes) is 2. The summed E-state index contributed by atoms with van der Waals surface area (Å²) in [4.78, 5) is 44.2. The molecular weight excluding hydrogens is 917 g/mol. The van der Waals surface area contributed by atoms with Gasteiger partial charge in [-0.05, 0) is 115 Å². The highest BCUT2D eigenvalue weighted by Crippen LogP contribution is 2.27. The lowest BCUT2D eigenvalue weighted by molar-refractivity contribution is -0.142. The highest BCUT2D eigenvalue weighted by molar-refractivity contribution is 6.88. The molecule has 22 heteroatoms. The van der Waals surface area contributed by atoms with Gasteiger partial charge in [-0.1, -0.05) is 39.2 Å². The van der Waals surface area contributed by atoms with Crippen LogP contribution in [0.25, 0.3) is 0 Å². The van der Waals surface area contributed by atoms with Gasteiger partial charge in [-0.15, -0.1) is 0 Å². The van der Waals surface area contributed by atoms with Gasteiger partial charge in [0.2, 0.25) is 0 Å². The molecule has 17 nitrogen and oxygen atoms in total. The zero-order valence-electron chi connectivity index (χ0n) is 40.5. The fraction of sp³-hybridized carbons (Fsp3) is 0.714. The van der Waals surface area contributed by atoms with Crippen molar-refractivity contribution in [2.24, 2.45) is 0 Å². The third-order valence-electron chi connectivity index (χ3n) is 8.67. The molecule has 0 heterocycles. The number of hydrogen-bond acceptors (Lipinski definition) is 17. The predicted molar refractivity (Wildman–Crippen MR) is 259 cm³/mol. The van der Waals surface area contributed by atoms with Crippen molar-refractivity contribution in [1.82, 2.24) is 0 Å². The molecule has 0 aromatic heterocycles. The van der Waals surface area contributed by atoms with Crippen LogP contribution in [0, 0.1) is 0 Å². The van der Waals surface area contributed by atoms with Gasteiger partial charge in [-0.2, -0.15) is 0 Å². The molecule has 0 amide bonds. The summed E-state index contributed by atoms with van der Waals surface area (Å²) in [6.45, 7) is 36.7. The topological polar surface area (TPSA) is 210 Å². The fourth-order valence-corrected chi connectivity index (χ4v) is 29.3. The molecular formula is C42H82O17Si5. The van der Waals surface area contributed by atoms with Gasteiger partial charge >= 0.3 is 32.8 Å². The van der Waals surface area contributed by atoms with E-state index in [-0.39, 0.29) is 26.4 Å². The van der Waals surface area contributed by atoms with Crippen molar-refractivity contribution in [3.8, 4) is 0 Å². The maximum absolute atomic E-state index is 11.1. The monoisotopic (exact) mass is 998 g/mol. The second-order valence-electron chi connectivity index (χ2n) is 17.8. The van der Waals surface area contributed by atoms with Crippen LogP contribution >= 0.6 is 0 Å². The highest BCUT2D eigenvalue weighted by Gasteiger charge is 2.39. The number of aliphatic hydroxyl groups excluding tert-OH is 2. The minimum Gasteiger partial charge on any atom is -0.460 e. The molecule has 0 saturated heterocycles. The summed E-state index contributed by atoms with van der Waals surface area (Å²) < 4.78 is 59.1. The summed E-state index contributed by atoms with van der Waals surface area (Å²) in [5.74, 6) is -1.14. The van der Waals surface area contributed by atoms with Crippen molar-refractivity contribution in [1.29, 1.82) is 0 Å². The first-order valence-electron chi connectivity index (χ1n) is 21.8. The maximum Gasteiger partial charge on any atom is 0.513 e. The Balaban J connectivity index is 0. The third-order valence-corrected chi connectivity index (χ3v) is 27.7. The second kappa shape index (κ2) is 34.5. The Bertz CT molecular complexity index is 1280. The zero-order chi connectivity index (χ0) is 49.3. The van der Waals surface area contributed by atoms with Crippen LogP contribution in [0.15, 0.2) is 51.0 Å². The fourth-order valence-electron chi connectivity index (χ4n) is 6.33. The Morgan fingerprint density at radius 1 is 0.453 bits per heavy atom. The molecule has 2 unspecified atom stereocenters. The Hall–Kier alpha value is -2.76. The van der Waals surface area contributed by atoms with Gasteiger partial charge in [-0.3, -0.25) is 0 Å². The average molecular weight is 1000 g/mol. The summed E-state index contributed by atoms with van der Waals surface area (Å²) in [7, 11) is -9.81. The number of carbonyl (C=O) groups excluding carboxylic acids is 4. The number of hydrogen-bond donors (Lipinski definition) is 2. The molecule has 0 rings (SSSR count). The van der Waals surface area contributed by atoms with Crippen LogP contribution in [0.5, 0.6) is 0 Å². The molecule has 64 heavy (non-hydrogen) atoms. The summed E-state index contributed by atoms with van der Waals surface area (Å²) in [5, 5.41) is 19.4.